The van der Waals surface area contributed by atoms with Gasteiger partial charge in [0.2, 0.25) is 0 Å². The summed E-state index contributed by atoms with van der Waals surface area (Å²) in [7, 11) is 0. The highest BCUT2D eigenvalue weighted by Gasteiger charge is 2.15. The van der Waals surface area contributed by atoms with Gasteiger partial charge in [0.1, 0.15) is 0 Å². The molecule has 0 amide bonds. The summed E-state index contributed by atoms with van der Waals surface area (Å²) in [5.41, 5.74) is 9.91. The van der Waals surface area contributed by atoms with E-state index in [-0.39, 0.29) is 0 Å². The first kappa shape index (κ1) is 26.4. The smallest absolute Gasteiger partial charge is 0.00264 e. The van der Waals surface area contributed by atoms with Crippen molar-refractivity contribution in [2.24, 2.45) is 0 Å². The van der Waals surface area contributed by atoms with Gasteiger partial charge in [0, 0.05) is 0 Å². The molecule has 0 N–H and O–H groups in total. The van der Waals surface area contributed by atoms with Gasteiger partial charge < -0.3 is 0 Å². The Kier molecular flexibility index (Phi) is 6.25. The van der Waals surface area contributed by atoms with Gasteiger partial charge in [-0.15, -0.1) is 0 Å². The summed E-state index contributed by atoms with van der Waals surface area (Å²) in [6.07, 6.45) is 0. The Hall–Kier alpha value is -5.98. The molecule has 0 radical (unpaired) electrons. The van der Waals surface area contributed by atoms with Crippen LogP contribution in [0.4, 0.5) is 0 Å². The Morgan fingerprint density at radius 2 is 0.804 bits per heavy atom. The molecule has 0 heteroatoms. The zero-order chi connectivity index (χ0) is 30.5. The predicted molar refractivity (Wildman–Crippen MR) is 198 cm³/mol. The van der Waals surface area contributed by atoms with Crippen molar-refractivity contribution < 1.29 is 0 Å². The van der Waals surface area contributed by atoms with Crippen molar-refractivity contribution in [2.45, 2.75) is 0 Å². The molecule has 0 aliphatic carbocycles. The van der Waals surface area contributed by atoms with Gasteiger partial charge in [-0.2, -0.15) is 0 Å². The van der Waals surface area contributed by atoms with Crippen molar-refractivity contribution >= 4 is 43.1 Å². The molecule has 0 unspecified atom stereocenters. The molecule has 0 fully saturated rings. The molecule has 46 heavy (non-hydrogen) atoms. The highest BCUT2D eigenvalue weighted by Crippen LogP contribution is 2.42. The monoisotopic (exact) mass is 582 g/mol. The van der Waals surface area contributed by atoms with Crippen LogP contribution in [0.5, 0.6) is 0 Å². The van der Waals surface area contributed by atoms with Crippen LogP contribution in [0.25, 0.3) is 87.6 Å². The van der Waals surface area contributed by atoms with Gasteiger partial charge in [-0.25, -0.2) is 0 Å². The quantitative estimate of drug-likeness (QED) is 0.143. The lowest BCUT2D eigenvalue weighted by Crippen LogP contribution is -1.90. The minimum Gasteiger partial charge on any atom is -0.0622 e. The van der Waals surface area contributed by atoms with Crippen molar-refractivity contribution in [1.82, 2.24) is 0 Å². The maximum atomic E-state index is 2.39. The average Bonchev–Trinajstić information content (AvgIpc) is 3.14. The lowest BCUT2D eigenvalue weighted by atomic mass is 9.87. The molecule has 0 saturated carbocycles. The second-order valence-electron chi connectivity index (χ2n) is 12.1. The van der Waals surface area contributed by atoms with Crippen LogP contribution >= 0.6 is 0 Å². The Morgan fingerprint density at radius 3 is 1.59 bits per heavy atom. The lowest BCUT2D eigenvalue weighted by Gasteiger charge is -2.16. The third-order valence-electron chi connectivity index (χ3n) is 9.40. The molecular weight excluding hydrogens is 553 g/mol. The van der Waals surface area contributed by atoms with Crippen LogP contribution in [0.2, 0.25) is 0 Å². The van der Waals surface area contributed by atoms with Crippen molar-refractivity contribution in [1.29, 1.82) is 0 Å². The average molecular weight is 583 g/mol. The third-order valence-corrected chi connectivity index (χ3v) is 9.40. The molecule has 9 aromatic carbocycles. The molecule has 9 rings (SSSR count). The normalized spacial score (nSPS) is 11.5. The van der Waals surface area contributed by atoms with E-state index >= 15 is 0 Å². The molecule has 0 spiro atoms. The SMILES string of the molecule is c1ccc(-c2ccc3c(-c4cccc(-c5cc6ccccc6c6ccccc56)c4)c4cc(-c5ccccc5)ccc4cc3c2)cc1. The van der Waals surface area contributed by atoms with Gasteiger partial charge in [0.15, 0.2) is 0 Å². The zero-order valence-corrected chi connectivity index (χ0v) is 25.3. The van der Waals surface area contributed by atoms with Gasteiger partial charge in [0.05, 0.1) is 0 Å². The van der Waals surface area contributed by atoms with E-state index in [1.807, 2.05) is 0 Å². The molecule has 0 aromatic heterocycles. The van der Waals surface area contributed by atoms with E-state index in [4.69, 9.17) is 0 Å². The Morgan fingerprint density at radius 1 is 0.217 bits per heavy atom. The summed E-state index contributed by atoms with van der Waals surface area (Å²) < 4.78 is 0. The van der Waals surface area contributed by atoms with Crippen LogP contribution < -0.4 is 0 Å². The Bertz CT molecular complexity index is 2560. The van der Waals surface area contributed by atoms with Crippen LogP contribution in [-0.4, -0.2) is 0 Å². The fraction of sp³-hybridized carbons (Fsp3) is 0. The summed E-state index contributed by atoms with van der Waals surface area (Å²) in [4.78, 5) is 0. The second kappa shape index (κ2) is 10.9. The number of hydrogen-bond donors (Lipinski definition) is 0. The van der Waals surface area contributed by atoms with Gasteiger partial charge >= 0.3 is 0 Å². The molecule has 0 heterocycles. The molecular formula is C46H30. The molecule has 214 valence electrons. The molecule has 9 aromatic rings. The molecule has 0 aliphatic rings. The fourth-order valence-corrected chi connectivity index (χ4v) is 7.19. The Labute approximate surface area is 268 Å². The minimum atomic E-state index is 1.23. The number of hydrogen-bond acceptors (Lipinski definition) is 0. The summed E-state index contributed by atoms with van der Waals surface area (Å²) >= 11 is 0. The number of rotatable bonds is 4. The third kappa shape index (κ3) is 4.47. The van der Waals surface area contributed by atoms with Crippen LogP contribution in [0, 0.1) is 0 Å². The highest BCUT2D eigenvalue weighted by atomic mass is 14.2. The van der Waals surface area contributed by atoms with Crippen LogP contribution in [0.3, 0.4) is 0 Å². The summed E-state index contributed by atoms with van der Waals surface area (Å²) in [5.74, 6) is 0. The van der Waals surface area contributed by atoms with Crippen LogP contribution in [0.1, 0.15) is 0 Å². The van der Waals surface area contributed by atoms with Crippen molar-refractivity contribution in [3.05, 3.63) is 182 Å². The van der Waals surface area contributed by atoms with Gasteiger partial charge in [0.25, 0.3) is 0 Å². The summed E-state index contributed by atoms with van der Waals surface area (Å²) in [6.45, 7) is 0. The summed E-state index contributed by atoms with van der Waals surface area (Å²) in [6, 6.07) is 66.6. The summed E-state index contributed by atoms with van der Waals surface area (Å²) in [5, 5.41) is 10.1. The van der Waals surface area contributed by atoms with Gasteiger partial charge in [-0.05, 0) is 118 Å². The van der Waals surface area contributed by atoms with E-state index in [2.05, 4.69) is 182 Å². The van der Waals surface area contributed by atoms with Crippen LogP contribution in [0.15, 0.2) is 182 Å². The highest BCUT2D eigenvalue weighted by molar-refractivity contribution is 6.16. The number of benzene rings is 9. The second-order valence-corrected chi connectivity index (χ2v) is 12.1. The minimum absolute atomic E-state index is 1.23. The zero-order valence-electron chi connectivity index (χ0n) is 25.3. The van der Waals surface area contributed by atoms with Crippen molar-refractivity contribution in [2.75, 3.05) is 0 Å². The van der Waals surface area contributed by atoms with Crippen LogP contribution in [-0.2, 0) is 0 Å². The van der Waals surface area contributed by atoms with Gasteiger partial charge in [-0.1, -0.05) is 152 Å². The maximum Gasteiger partial charge on any atom is -0.00264 e. The number of fused-ring (bicyclic) bond motifs is 5. The molecule has 0 aliphatic heterocycles. The fourth-order valence-electron chi connectivity index (χ4n) is 7.19. The van der Waals surface area contributed by atoms with Gasteiger partial charge in [-0.3, -0.25) is 0 Å². The Balaban J connectivity index is 1.31. The first-order valence-corrected chi connectivity index (χ1v) is 15.9. The molecule has 0 saturated heterocycles. The van der Waals surface area contributed by atoms with E-state index in [9.17, 15) is 0 Å². The lowest BCUT2D eigenvalue weighted by molar-refractivity contribution is 1.62. The molecule has 0 atom stereocenters. The predicted octanol–water partition coefficient (Wildman–Crippen LogP) is 13.0. The van der Waals surface area contributed by atoms with E-state index in [0.717, 1.165) is 0 Å². The van der Waals surface area contributed by atoms with Crippen molar-refractivity contribution in [3.8, 4) is 44.5 Å². The maximum absolute atomic E-state index is 2.39. The largest absolute Gasteiger partial charge is 0.0622 e. The van der Waals surface area contributed by atoms with Crippen molar-refractivity contribution in [3.63, 3.8) is 0 Å². The van der Waals surface area contributed by atoms with E-state index in [1.54, 1.807) is 0 Å². The topological polar surface area (TPSA) is 0 Å². The van der Waals surface area contributed by atoms with E-state index in [0.29, 0.717) is 0 Å². The first-order valence-electron chi connectivity index (χ1n) is 15.9. The molecule has 0 bridgehead atoms. The van der Waals surface area contributed by atoms with E-state index < -0.39 is 0 Å². The first-order chi connectivity index (χ1) is 22.8. The molecule has 0 nitrogen and oxygen atoms in total. The standard InChI is InChI=1S/C46H30/c1-3-12-31(13-4-1)33-24-25-41-39(26-33)28-37-23-22-34(32-14-5-2-6-15-32)29-45(37)46(41)38-18-11-17-35(27-38)44-30-36-16-7-8-19-40(36)42-20-9-10-21-43(42)44/h1-30H. The van der Waals surface area contributed by atoms with E-state index in [1.165, 1.54) is 87.6 Å².